The Labute approximate surface area is 120 Å². The van der Waals surface area contributed by atoms with Gasteiger partial charge < -0.3 is 14.6 Å². The number of halogens is 3. The number of piperidine rings is 1. The highest BCUT2D eigenvalue weighted by Gasteiger charge is 2.55. The maximum atomic E-state index is 12.7. The normalized spacial score (nSPS) is 22.4. The lowest BCUT2D eigenvalue weighted by Crippen LogP contribution is -2.54. The zero-order valence-corrected chi connectivity index (χ0v) is 11.4. The monoisotopic (exact) mass is 302 g/mol. The molecule has 116 valence electrons. The maximum Gasteiger partial charge on any atom is 0.417 e. The van der Waals surface area contributed by atoms with Gasteiger partial charge in [0, 0.05) is 38.2 Å². The van der Waals surface area contributed by atoms with Gasteiger partial charge in [-0.2, -0.15) is 13.2 Å². The Balaban J connectivity index is 1.69. The second-order valence-corrected chi connectivity index (χ2v) is 5.85. The number of amides is 1. The number of carbonyl (C=O) groups excluding carboxylic acids is 1. The van der Waals surface area contributed by atoms with Gasteiger partial charge >= 0.3 is 6.18 Å². The molecule has 21 heavy (non-hydrogen) atoms. The van der Waals surface area contributed by atoms with E-state index >= 15 is 0 Å². The van der Waals surface area contributed by atoms with Gasteiger partial charge in [-0.1, -0.05) is 0 Å². The summed E-state index contributed by atoms with van der Waals surface area (Å²) >= 11 is 0. The van der Waals surface area contributed by atoms with Crippen molar-refractivity contribution < 1.29 is 23.1 Å². The molecule has 1 saturated carbocycles. The third-order valence-corrected chi connectivity index (χ3v) is 4.34. The number of hydrogen-bond donors (Lipinski definition) is 1. The Kier molecular flexibility index (Phi) is 3.27. The summed E-state index contributed by atoms with van der Waals surface area (Å²) < 4.78 is 40.1. The summed E-state index contributed by atoms with van der Waals surface area (Å²) in [7, 11) is 0. The number of alkyl halides is 3. The molecule has 2 heterocycles. The van der Waals surface area contributed by atoms with Gasteiger partial charge in [-0.05, 0) is 25.0 Å². The topological polar surface area (TPSA) is 45.5 Å². The summed E-state index contributed by atoms with van der Waals surface area (Å²) in [5.74, 6) is -0.254. The molecule has 1 N–H and O–H groups in total. The number of hydrogen-bond acceptors (Lipinski definition) is 2. The molecule has 0 atom stereocenters. The van der Waals surface area contributed by atoms with Crippen LogP contribution in [0.5, 0.6) is 0 Å². The van der Waals surface area contributed by atoms with Crippen LogP contribution in [0.25, 0.3) is 0 Å². The van der Waals surface area contributed by atoms with Gasteiger partial charge in [0.05, 0.1) is 0 Å². The lowest BCUT2D eigenvalue weighted by Gasteiger charge is -2.39. The van der Waals surface area contributed by atoms with Crippen molar-refractivity contribution in [3.63, 3.8) is 0 Å². The van der Waals surface area contributed by atoms with E-state index in [4.69, 9.17) is 0 Å². The molecule has 0 spiro atoms. The Morgan fingerprint density at radius 1 is 1.29 bits per heavy atom. The molecule has 1 saturated heterocycles. The van der Waals surface area contributed by atoms with Crippen LogP contribution >= 0.6 is 0 Å². The molecule has 0 bridgehead atoms. The van der Waals surface area contributed by atoms with E-state index in [-0.39, 0.29) is 19.0 Å². The molecule has 1 aromatic heterocycles. The standard InChI is InChI=1S/C14H17F3N2O2/c15-14(16,17)13(21)5-8-18(9-6-13)12(20)11-2-1-7-19(11)10-3-4-10/h1-2,7,10,21H,3-6,8-9H2. The number of rotatable bonds is 2. The minimum atomic E-state index is -4.64. The van der Waals surface area contributed by atoms with Crippen LogP contribution in [0.3, 0.4) is 0 Å². The number of aliphatic hydroxyl groups is 1. The van der Waals surface area contributed by atoms with Crippen LogP contribution in [0.2, 0.25) is 0 Å². The fourth-order valence-electron chi connectivity index (χ4n) is 2.77. The van der Waals surface area contributed by atoms with E-state index in [9.17, 15) is 23.1 Å². The van der Waals surface area contributed by atoms with E-state index in [0.717, 1.165) is 12.8 Å². The molecule has 2 fully saturated rings. The molecule has 7 heteroatoms. The minimum Gasteiger partial charge on any atom is -0.380 e. The van der Waals surface area contributed by atoms with Crippen LogP contribution < -0.4 is 0 Å². The Bertz CT molecular complexity index is 541. The Morgan fingerprint density at radius 3 is 2.43 bits per heavy atom. The maximum absolute atomic E-state index is 12.7. The van der Waals surface area contributed by atoms with Crippen LogP contribution in [0.1, 0.15) is 42.2 Å². The van der Waals surface area contributed by atoms with Gasteiger partial charge in [-0.3, -0.25) is 4.79 Å². The highest BCUT2D eigenvalue weighted by Crippen LogP contribution is 2.39. The second kappa shape index (κ2) is 4.76. The SMILES string of the molecule is O=C(c1cccn1C1CC1)N1CCC(O)(C(F)(F)F)CC1. The van der Waals surface area contributed by atoms with E-state index in [0.29, 0.717) is 11.7 Å². The van der Waals surface area contributed by atoms with Gasteiger partial charge in [0.15, 0.2) is 5.60 Å². The first-order valence-electron chi connectivity index (χ1n) is 7.07. The van der Waals surface area contributed by atoms with Crippen molar-refractivity contribution in [3.05, 3.63) is 24.0 Å². The summed E-state index contributed by atoms with van der Waals surface area (Å²) in [5, 5.41) is 9.62. The van der Waals surface area contributed by atoms with Gasteiger partial charge in [-0.15, -0.1) is 0 Å². The fraction of sp³-hybridized carbons (Fsp3) is 0.643. The molecule has 1 aliphatic heterocycles. The van der Waals surface area contributed by atoms with E-state index in [1.54, 1.807) is 12.1 Å². The van der Waals surface area contributed by atoms with Gasteiger partial charge in [0.1, 0.15) is 5.69 Å². The molecule has 0 unspecified atom stereocenters. The van der Waals surface area contributed by atoms with Crippen LogP contribution in [0.15, 0.2) is 18.3 Å². The quantitative estimate of drug-likeness (QED) is 0.911. The first-order valence-corrected chi connectivity index (χ1v) is 7.07. The van der Waals surface area contributed by atoms with E-state index in [2.05, 4.69) is 0 Å². The largest absolute Gasteiger partial charge is 0.417 e. The summed E-state index contributed by atoms with van der Waals surface area (Å²) in [6.45, 7) is -0.157. The van der Waals surface area contributed by atoms with Crippen molar-refractivity contribution in [1.29, 1.82) is 0 Å². The average Bonchev–Trinajstić information content (AvgIpc) is 3.15. The molecule has 0 aromatic carbocycles. The van der Waals surface area contributed by atoms with Crippen molar-refractivity contribution >= 4 is 5.91 Å². The van der Waals surface area contributed by atoms with Crippen LogP contribution in [-0.2, 0) is 0 Å². The number of carbonyl (C=O) groups is 1. The van der Waals surface area contributed by atoms with Crippen molar-refractivity contribution in [2.24, 2.45) is 0 Å². The summed E-state index contributed by atoms with van der Waals surface area (Å²) in [6, 6.07) is 3.82. The number of aromatic nitrogens is 1. The van der Waals surface area contributed by atoms with Crippen molar-refractivity contribution in [3.8, 4) is 0 Å². The Morgan fingerprint density at radius 2 is 1.90 bits per heavy atom. The molecule has 1 aromatic rings. The Hall–Kier alpha value is -1.50. The molecule has 4 nitrogen and oxygen atoms in total. The molecule has 3 rings (SSSR count). The number of likely N-dealkylation sites (tertiary alicyclic amines) is 1. The van der Waals surface area contributed by atoms with Crippen LogP contribution in [-0.4, -0.2) is 45.3 Å². The molecular formula is C14H17F3N2O2. The van der Waals surface area contributed by atoms with E-state index < -0.39 is 24.6 Å². The molecule has 0 radical (unpaired) electrons. The third-order valence-electron chi connectivity index (χ3n) is 4.34. The summed E-state index contributed by atoms with van der Waals surface area (Å²) in [6.07, 6.45) is -1.68. The average molecular weight is 302 g/mol. The smallest absolute Gasteiger partial charge is 0.380 e. The minimum absolute atomic E-state index is 0.0787. The fourth-order valence-corrected chi connectivity index (χ4v) is 2.77. The van der Waals surface area contributed by atoms with Crippen LogP contribution in [0.4, 0.5) is 13.2 Å². The van der Waals surface area contributed by atoms with Gasteiger partial charge in [-0.25, -0.2) is 0 Å². The lowest BCUT2D eigenvalue weighted by atomic mass is 9.90. The number of nitrogens with zero attached hydrogens (tertiary/aromatic N) is 2. The van der Waals surface area contributed by atoms with Gasteiger partial charge in [0.25, 0.3) is 5.91 Å². The molecule has 2 aliphatic rings. The highest BCUT2D eigenvalue weighted by molar-refractivity contribution is 5.93. The molecule has 1 aliphatic carbocycles. The predicted octanol–water partition coefficient (Wildman–Crippen LogP) is 2.35. The zero-order valence-electron chi connectivity index (χ0n) is 11.4. The first kappa shape index (κ1) is 14.4. The van der Waals surface area contributed by atoms with Gasteiger partial charge in [0.2, 0.25) is 0 Å². The summed E-state index contributed by atoms with van der Waals surface area (Å²) in [5.41, 5.74) is -2.14. The van der Waals surface area contributed by atoms with E-state index in [1.807, 2.05) is 10.8 Å². The van der Waals surface area contributed by atoms with Crippen molar-refractivity contribution in [2.75, 3.05) is 13.1 Å². The zero-order chi connectivity index (χ0) is 15.3. The highest BCUT2D eigenvalue weighted by atomic mass is 19.4. The van der Waals surface area contributed by atoms with Crippen molar-refractivity contribution in [2.45, 2.75) is 43.5 Å². The lowest BCUT2D eigenvalue weighted by molar-refractivity contribution is -0.271. The summed E-state index contributed by atoms with van der Waals surface area (Å²) in [4.78, 5) is 13.8. The second-order valence-electron chi connectivity index (χ2n) is 5.85. The molecule has 1 amide bonds. The van der Waals surface area contributed by atoms with Crippen LogP contribution in [0, 0.1) is 0 Å². The molecular weight excluding hydrogens is 285 g/mol. The predicted molar refractivity (Wildman–Crippen MR) is 68.8 cm³/mol. The first-order chi connectivity index (χ1) is 9.82. The third kappa shape index (κ3) is 2.54. The van der Waals surface area contributed by atoms with Crippen molar-refractivity contribution in [1.82, 2.24) is 9.47 Å². The van der Waals surface area contributed by atoms with E-state index in [1.165, 1.54) is 4.90 Å².